The van der Waals surface area contributed by atoms with E-state index in [4.69, 9.17) is 0 Å². The van der Waals surface area contributed by atoms with Gasteiger partial charge in [0.25, 0.3) is 0 Å². The highest BCUT2D eigenvalue weighted by atomic mass is 32.2. The van der Waals surface area contributed by atoms with Crippen LogP contribution in [0.5, 0.6) is 0 Å². The van der Waals surface area contributed by atoms with Gasteiger partial charge in [-0.3, -0.25) is 9.20 Å². The third-order valence-corrected chi connectivity index (χ3v) is 6.45. The second-order valence-corrected chi connectivity index (χ2v) is 9.43. The van der Waals surface area contributed by atoms with Crippen LogP contribution in [0.1, 0.15) is 48.4 Å². The van der Waals surface area contributed by atoms with E-state index in [0.717, 1.165) is 27.6 Å². The number of aryl methyl sites for hydroxylation is 3. The molecule has 0 spiro atoms. The Bertz CT molecular complexity index is 1280. The van der Waals surface area contributed by atoms with E-state index < -0.39 is 0 Å². The molecule has 4 rings (SSSR count). The van der Waals surface area contributed by atoms with Crippen LogP contribution in [0.2, 0.25) is 0 Å². The number of nitrogens with zero attached hydrogens (tertiary/aromatic N) is 3. The van der Waals surface area contributed by atoms with Gasteiger partial charge in [0, 0.05) is 23.2 Å². The van der Waals surface area contributed by atoms with Gasteiger partial charge in [-0.2, -0.15) is 0 Å². The first-order valence-corrected chi connectivity index (χ1v) is 11.6. The Balaban J connectivity index is 1.53. The maximum absolute atomic E-state index is 12.6. The van der Waals surface area contributed by atoms with Crippen molar-refractivity contribution in [3.63, 3.8) is 0 Å². The predicted molar refractivity (Wildman–Crippen MR) is 129 cm³/mol. The van der Waals surface area contributed by atoms with Crippen LogP contribution < -0.4 is 5.32 Å². The van der Waals surface area contributed by atoms with Gasteiger partial charge in [-0.1, -0.05) is 55.4 Å². The van der Waals surface area contributed by atoms with Crippen LogP contribution in [0, 0.1) is 20.8 Å². The van der Waals surface area contributed by atoms with Gasteiger partial charge in [0.1, 0.15) is 0 Å². The Morgan fingerprint density at radius 1 is 1.06 bits per heavy atom. The largest absolute Gasteiger partial charge is 0.326 e. The van der Waals surface area contributed by atoms with Crippen LogP contribution in [-0.2, 0) is 4.79 Å². The zero-order valence-electron chi connectivity index (χ0n) is 18.7. The summed E-state index contributed by atoms with van der Waals surface area (Å²) in [6.45, 7) is 10.6. The number of aromatic nitrogens is 3. The lowest BCUT2D eigenvalue weighted by atomic mass is 10.0. The average molecular weight is 433 g/mol. The third kappa shape index (κ3) is 4.30. The molecule has 2 aromatic carbocycles. The lowest BCUT2D eigenvalue weighted by molar-refractivity contribution is -0.115. The third-order valence-electron chi connectivity index (χ3n) is 5.51. The molecule has 31 heavy (non-hydrogen) atoms. The highest BCUT2D eigenvalue weighted by molar-refractivity contribution is 7.99. The highest BCUT2D eigenvalue weighted by Crippen LogP contribution is 2.29. The maximum atomic E-state index is 12.6. The van der Waals surface area contributed by atoms with Gasteiger partial charge in [-0.15, -0.1) is 10.2 Å². The molecule has 2 aromatic heterocycles. The van der Waals surface area contributed by atoms with E-state index in [1.165, 1.54) is 22.1 Å². The molecule has 1 N–H and O–H groups in total. The molecule has 160 valence electrons. The van der Waals surface area contributed by atoms with Gasteiger partial charge in [0.2, 0.25) is 5.91 Å². The Labute approximate surface area is 187 Å². The van der Waals surface area contributed by atoms with Crippen molar-refractivity contribution < 1.29 is 4.79 Å². The molecule has 4 aromatic rings. The van der Waals surface area contributed by atoms with Crippen LogP contribution in [-0.4, -0.2) is 26.3 Å². The fourth-order valence-corrected chi connectivity index (χ4v) is 4.95. The van der Waals surface area contributed by atoms with E-state index in [0.29, 0.717) is 18.1 Å². The predicted octanol–water partition coefficient (Wildman–Crippen LogP) is 6.05. The summed E-state index contributed by atoms with van der Waals surface area (Å²) in [7, 11) is 0. The van der Waals surface area contributed by atoms with Gasteiger partial charge < -0.3 is 5.32 Å². The number of hydrogen-bond donors (Lipinski definition) is 1. The Kier molecular flexibility index (Phi) is 6.01. The zero-order valence-corrected chi connectivity index (χ0v) is 19.5. The normalized spacial score (nSPS) is 11.5. The molecule has 0 aliphatic rings. The molecular weight excluding hydrogens is 404 g/mol. The number of nitrogens with one attached hydrogen (secondary N) is 1. The van der Waals surface area contributed by atoms with Crippen molar-refractivity contribution in [3.8, 4) is 0 Å². The number of thioether (sulfide) groups is 1. The Morgan fingerprint density at radius 3 is 2.61 bits per heavy atom. The summed E-state index contributed by atoms with van der Waals surface area (Å²) in [5.74, 6) is 1.01. The molecule has 2 heterocycles. The van der Waals surface area contributed by atoms with Gasteiger partial charge >= 0.3 is 0 Å². The molecule has 5 nitrogen and oxygen atoms in total. The van der Waals surface area contributed by atoms with Crippen molar-refractivity contribution >= 4 is 39.9 Å². The molecule has 0 saturated carbocycles. The minimum absolute atomic E-state index is 0.0157. The topological polar surface area (TPSA) is 59.3 Å². The minimum atomic E-state index is 0.0157. The SMILES string of the molecule is Cc1cc(C)c2c(c1)c(C)cc1nnc(SCCC(=O)Nc3ccccc3C(C)C)n12. The summed E-state index contributed by atoms with van der Waals surface area (Å²) in [4.78, 5) is 12.6. The van der Waals surface area contributed by atoms with Crippen molar-refractivity contribution in [1.82, 2.24) is 14.6 Å². The molecule has 6 heteroatoms. The first-order valence-electron chi connectivity index (χ1n) is 10.6. The van der Waals surface area contributed by atoms with Crippen molar-refractivity contribution in [2.45, 2.75) is 52.1 Å². The van der Waals surface area contributed by atoms with E-state index in [-0.39, 0.29) is 5.91 Å². The first-order chi connectivity index (χ1) is 14.8. The summed E-state index contributed by atoms with van der Waals surface area (Å²) < 4.78 is 2.12. The molecule has 0 radical (unpaired) electrons. The number of carbonyl (C=O) groups excluding carboxylic acids is 1. The molecule has 0 saturated heterocycles. The number of para-hydroxylation sites is 1. The van der Waals surface area contributed by atoms with Crippen LogP contribution in [0.3, 0.4) is 0 Å². The van der Waals surface area contributed by atoms with Crippen molar-refractivity contribution in [2.24, 2.45) is 0 Å². The fraction of sp³-hybridized carbons (Fsp3) is 0.320. The lowest BCUT2D eigenvalue weighted by Crippen LogP contribution is -2.14. The monoisotopic (exact) mass is 432 g/mol. The number of amides is 1. The van der Waals surface area contributed by atoms with Crippen molar-refractivity contribution in [1.29, 1.82) is 0 Å². The van der Waals surface area contributed by atoms with Crippen molar-refractivity contribution in [3.05, 3.63) is 64.7 Å². The minimum Gasteiger partial charge on any atom is -0.326 e. The van der Waals surface area contributed by atoms with Crippen LogP contribution in [0.25, 0.3) is 16.6 Å². The van der Waals surface area contributed by atoms with E-state index in [1.54, 1.807) is 11.8 Å². The van der Waals surface area contributed by atoms with Gasteiger partial charge in [-0.05, 0) is 61.6 Å². The number of fused-ring (bicyclic) bond motifs is 3. The van der Waals surface area contributed by atoms with Crippen LogP contribution in [0.4, 0.5) is 5.69 Å². The fourth-order valence-electron chi connectivity index (χ4n) is 4.07. The summed E-state index contributed by atoms with van der Waals surface area (Å²) in [5.41, 5.74) is 7.67. The summed E-state index contributed by atoms with van der Waals surface area (Å²) in [6, 6.07) is 14.5. The first kappa shape index (κ1) is 21.4. The average Bonchev–Trinajstić information content (AvgIpc) is 3.10. The Hall–Kier alpha value is -2.86. The van der Waals surface area contributed by atoms with Crippen LogP contribution in [0.15, 0.2) is 47.6 Å². The van der Waals surface area contributed by atoms with Crippen LogP contribution >= 0.6 is 11.8 Å². The van der Waals surface area contributed by atoms with E-state index in [9.17, 15) is 4.79 Å². The number of hydrogen-bond acceptors (Lipinski definition) is 4. The number of pyridine rings is 1. The molecule has 1 amide bonds. The molecule has 0 unspecified atom stereocenters. The summed E-state index contributed by atoms with van der Waals surface area (Å²) >= 11 is 1.57. The summed E-state index contributed by atoms with van der Waals surface area (Å²) in [6.07, 6.45) is 0.411. The van der Waals surface area contributed by atoms with Gasteiger partial charge in [0.05, 0.1) is 5.52 Å². The number of anilines is 1. The van der Waals surface area contributed by atoms with E-state index in [1.807, 2.05) is 18.2 Å². The Morgan fingerprint density at radius 2 is 1.84 bits per heavy atom. The molecule has 0 atom stereocenters. The number of benzene rings is 2. The van der Waals surface area contributed by atoms with E-state index in [2.05, 4.69) is 78.8 Å². The molecule has 0 aliphatic carbocycles. The second kappa shape index (κ2) is 8.71. The highest BCUT2D eigenvalue weighted by Gasteiger charge is 2.15. The van der Waals surface area contributed by atoms with Gasteiger partial charge in [-0.25, -0.2) is 0 Å². The smallest absolute Gasteiger partial charge is 0.225 e. The zero-order chi connectivity index (χ0) is 22.1. The number of rotatable bonds is 6. The second-order valence-electron chi connectivity index (χ2n) is 8.37. The maximum Gasteiger partial charge on any atom is 0.225 e. The lowest BCUT2D eigenvalue weighted by Gasteiger charge is -2.13. The summed E-state index contributed by atoms with van der Waals surface area (Å²) in [5, 5.41) is 13.9. The van der Waals surface area contributed by atoms with E-state index >= 15 is 0 Å². The molecular formula is C25H28N4OS. The number of carbonyl (C=O) groups is 1. The quantitative estimate of drug-likeness (QED) is 0.377. The standard InChI is InChI=1S/C25H28N4OS/c1-15(2)19-8-6-7-9-21(19)26-23(30)10-11-31-25-28-27-22-14-17(4)20-13-16(3)12-18(5)24(20)29(22)25/h6-9,12-15H,10-11H2,1-5H3,(H,26,30). The molecule has 0 fully saturated rings. The molecule has 0 bridgehead atoms. The molecule has 0 aliphatic heterocycles. The van der Waals surface area contributed by atoms with Gasteiger partial charge in [0.15, 0.2) is 10.8 Å². The van der Waals surface area contributed by atoms with Crippen molar-refractivity contribution in [2.75, 3.05) is 11.1 Å².